The number of anilines is 1. The number of aromatic hydroxyl groups is 1. The third-order valence-electron chi connectivity index (χ3n) is 6.38. The van der Waals surface area contributed by atoms with E-state index in [0.29, 0.717) is 45.9 Å². The van der Waals surface area contributed by atoms with Gasteiger partial charge in [0.1, 0.15) is 30.5 Å². The van der Waals surface area contributed by atoms with Gasteiger partial charge < -0.3 is 19.7 Å². The van der Waals surface area contributed by atoms with Gasteiger partial charge in [0.2, 0.25) is 5.13 Å². The van der Waals surface area contributed by atoms with Crippen LogP contribution in [0.3, 0.4) is 0 Å². The van der Waals surface area contributed by atoms with Crippen LogP contribution >= 0.6 is 23.1 Å². The van der Waals surface area contributed by atoms with Gasteiger partial charge in [-0.3, -0.25) is 14.5 Å². The number of fused-ring (bicyclic) bond motifs is 1. The quantitative estimate of drug-likeness (QED) is 0.106. The van der Waals surface area contributed by atoms with Crippen LogP contribution in [0.4, 0.5) is 9.52 Å². The molecule has 0 radical (unpaired) electrons. The molecule has 0 aliphatic carbocycles. The summed E-state index contributed by atoms with van der Waals surface area (Å²) in [5, 5.41) is 29.6. The van der Waals surface area contributed by atoms with Crippen molar-refractivity contribution >= 4 is 45.7 Å². The van der Waals surface area contributed by atoms with Crippen molar-refractivity contribution in [2.45, 2.75) is 16.1 Å². The van der Waals surface area contributed by atoms with Crippen molar-refractivity contribution in [2.24, 2.45) is 0 Å². The zero-order chi connectivity index (χ0) is 27.8. The molecule has 6 rings (SSSR count). The van der Waals surface area contributed by atoms with Crippen LogP contribution in [0.5, 0.6) is 17.2 Å². The highest BCUT2D eigenvalue weighted by atomic mass is 32.2. The largest absolute Gasteiger partial charge is 0.508 e. The van der Waals surface area contributed by atoms with Gasteiger partial charge in [0.25, 0.3) is 5.78 Å². The Morgan fingerprint density at radius 3 is 2.55 bits per heavy atom. The van der Waals surface area contributed by atoms with Gasteiger partial charge in [0.15, 0.2) is 15.8 Å². The standard InChI is InChI=1S/C28H20FN3O6S2/c29-19-4-2-1-3-17(19)14-39-28-31-30-27(40-28)32-23(15-5-8-18(33)9-6-15)22(25(35)26(32)36)24(34)16-7-10-20-21(13-16)38-12-11-37-20/h1-10,13,23,33-34H,11-12,14H2/b24-22+. The van der Waals surface area contributed by atoms with Crippen LogP contribution in [0.1, 0.15) is 22.7 Å². The van der Waals surface area contributed by atoms with Crippen LogP contribution in [0.2, 0.25) is 0 Å². The minimum Gasteiger partial charge on any atom is -0.508 e. The van der Waals surface area contributed by atoms with Crippen LogP contribution in [0, 0.1) is 5.82 Å². The molecule has 0 spiro atoms. The Balaban J connectivity index is 1.39. The summed E-state index contributed by atoms with van der Waals surface area (Å²) in [6.45, 7) is 0.732. The number of hydrogen-bond acceptors (Lipinski definition) is 10. The maximum atomic E-state index is 14.1. The van der Waals surface area contributed by atoms with E-state index in [0.717, 1.165) is 11.3 Å². The van der Waals surface area contributed by atoms with Gasteiger partial charge in [-0.1, -0.05) is 53.4 Å². The Morgan fingerprint density at radius 1 is 1.02 bits per heavy atom. The van der Waals surface area contributed by atoms with E-state index in [1.165, 1.54) is 34.9 Å². The summed E-state index contributed by atoms with van der Waals surface area (Å²) in [6.07, 6.45) is 0. The zero-order valence-electron chi connectivity index (χ0n) is 20.6. The van der Waals surface area contributed by atoms with E-state index in [2.05, 4.69) is 10.2 Å². The van der Waals surface area contributed by atoms with Crippen molar-refractivity contribution in [1.82, 2.24) is 10.2 Å². The summed E-state index contributed by atoms with van der Waals surface area (Å²) in [5.74, 6) is -1.31. The summed E-state index contributed by atoms with van der Waals surface area (Å²) < 4.78 is 25.7. The lowest BCUT2D eigenvalue weighted by Crippen LogP contribution is -2.29. The number of ether oxygens (including phenoxy) is 2. The van der Waals surface area contributed by atoms with Gasteiger partial charge in [-0.05, 0) is 47.5 Å². The first kappa shape index (κ1) is 25.8. The minimum atomic E-state index is -1.05. The molecule has 12 heteroatoms. The predicted molar refractivity (Wildman–Crippen MR) is 146 cm³/mol. The molecule has 2 aliphatic rings. The van der Waals surface area contributed by atoms with Crippen molar-refractivity contribution < 1.29 is 33.7 Å². The average molecular weight is 578 g/mol. The lowest BCUT2D eigenvalue weighted by Gasteiger charge is -2.23. The fourth-order valence-electron chi connectivity index (χ4n) is 4.46. The van der Waals surface area contributed by atoms with Crippen molar-refractivity contribution in [3.05, 3.63) is 94.8 Å². The van der Waals surface area contributed by atoms with E-state index in [-0.39, 0.29) is 27.8 Å². The molecular formula is C28H20FN3O6S2. The number of nitrogens with zero attached hydrogens (tertiary/aromatic N) is 3. The number of carbonyl (C=O) groups is 2. The number of phenols is 1. The predicted octanol–water partition coefficient (Wildman–Crippen LogP) is 5.07. The molecule has 4 aromatic rings. The Bertz CT molecular complexity index is 1660. The Labute approximate surface area is 235 Å². The number of aliphatic hydroxyl groups excluding tert-OH is 1. The number of halogens is 1. The number of aromatic nitrogens is 2. The second-order valence-electron chi connectivity index (χ2n) is 8.85. The number of hydrogen-bond donors (Lipinski definition) is 2. The number of amides is 1. The van der Waals surface area contributed by atoms with Gasteiger partial charge >= 0.3 is 5.91 Å². The van der Waals surface area contributed by atoms with Crippen LogP contribution in [-0.2, 0) is 15.3 Å². The lowest BCUT2D eigenvalue weighted by atomic mass is 9.95. The van der Waals surface area contributed by atoms with Gasteiger partial charge in [0.05, 0.1) is 11.6 Å². The number of thioether (sulfide) groups is 1. The molecule has 1 unspecified atom stereocenters. The number of phenolic OH excluding ortho intramolecular Hbond substituents is 1. The smallest absolute Gasteiger partial charge is 0.301 e. The normalized spacial score (nSPS) is 17.8. The van der Waals surface area contributed by atoms with Crippen molar-refractivity contribution in [3.63, 3.8) is 0 Å². The highest BCUT2D eigenvalue weighted by molar-refractivity contribution is 8.00. The number of carbonyl (C=O) groups excluding carboxylic acids is 2. The molecule has 9 nitrogen and oxygen atoms in total. The van der Waals surface area contributed by atoms with Gasteiger partial charge in [0, 0.05) is 11.3 Å². The molecule has 1 fully saturated rings. The monoisotopic (exact) mass is 577 g/mol. The van der Waals surface area contributed by atoms with Gasteiger partial charge in [-0.2, -0.15) is 0 Å². The zero-order valence-corrected chi connectivity index (χ0v) is 22.2. The van der Waals surface area contributed by atoms with Crippen LogP contribution < -0.4 is 14.4 Å². The molecule has 202 valence electrons. The first-order valence-corrected chi connectivity index (χ1v) is 13.9. The Morgan fingerprint density at radius 2 is 1.77 bits per heavy atom. The van der Waals surface area contributed by atoms with Gasteiger partial charge in [-0.25, -0.2) is 4.39 Å². The van der Waals surface area contributed by atoms with E-state index < -0.39 is 23.5 Å². The first-order valence-electron chi connectivity index (χ1n) is 12.1. The fourth-order valence-corrected chi connectivity index (χ4v) is 6.32. The average Bonchev–Trinajstić information content (AvgIpc) is 3.54. The molecule has 0 saturated carbocycles. The third kappa shape index (κ3) is 4.75. The molecule has 1 saturated heterocycles. The number of rotatable bonds is 6. The lowest BCUT2D eigenvalue weighted by molar-refractivity contribution is -0.132. The molecule has 1 atom stereocenters. The topological polar surface area (TPSA) is 122 Å². The summed E-state index contributed by atoms with van der Waals surface area (Å²) in [7, 11) is 0. The third-order valence-corrected chi connectivity index (χ3v) is 8.48. The molecule has 2 aliphatic heterocycles. The molecule has 2 N–H and O–H groups in total. The Kier molecular flexibility index (Phi) is 6.86. The highest BCUT2D eigenvalue weighted by Crippen LogP contribution is 2.45. The number of ketones is 1. The summed E-state index contributed by atoms with van der Waals surface area (Å²) >= 11 is 2.32. The molecular weight excluding hydrogens is 557 g/mol. The highest BCUT2D eigenvalue weighted by Gasteiger charge is 2.48. The number of benzene rings is 3. The molecule has 3 aromatic carbocycles. The van der Waals surface area contributed by atoms with Crippen LogP contribution in [-0.4, -0.2) is 45.3 Å². The second kappa shape index (κ2) is 10.6. The van der Waals surface area contributed by atoms with Crippen molar-refractivity contribution in [1.29, 1.82) is 0 Å². The summed E-state index contributed by atoms with van der Waals surface area (Å²) in [6, 6.07) is 16.1. The summed E-state index contributed by atoms with van der Waals surface area (Å²) in [5.41, 5.74) is 1.08. The summed E-state index contributed by atoms with van der Waals surface area (Å²) in [4.78, 5) is 28.0. The Hall–Kier alpha value is -4.42. The van der Waals surface area contributed by atoms with E-state index in [4.69, 9.17) is 9.47 Å². The maximum Gasteiger partial charge on any atom is 0.301 e. The number of Topliss-reactive ketones (excluding diaryl/α,β-unsaturated/α-hetero) is 1. The SMILES string of the molecule is O=C1C(=O)N(c2nnc(SCc3ccccc3F)s2)C(c2ccc(O)cc2)/C1=C(\O)c1ccc2c(c1)OCCO2. The first-order chi connectivity index (χ1) is 19.4. The van der Waals surface area contributed by atoms with Crippen molar-refractivity contribution in [3.8, 4) is 17.2 Å². The molecule has 0 bridgehead atoms. The van der Waals surface area contributed by atoms with Gasteiger partial charge in [-0.15, -0.1) is 10.2 Å². The molecule has 1 aromatic heterocycles. The van der Waals surface area contributed by atoms with E-state index in [1.807, 2.05) is 0 Å². The maximum absolute atomic E-state index is 14.1. The molecule has 40 heavy (non-hydrogen) atoms. The molecule has 1 amide bonds. The van der Waals surface area contributed by atoms with Crippen LogP contribution in [0.15, 0.2) is 76.6 Å². The molecule has 3 heterocycles. The number of aliphatic hydroxyl groups is 1. The van der Waals surface area contributed by atoms with E-state index >= 15 is 0 Å². The minimum absolute atomic E-state index is 0.00437. The van der Waals surface area contributed by atoms with Crippen molar-refractivity contribution in [2.75, 3.05) is 18.1 Å². The van der Waals surface area contributed by atoms with Crippen LogP contribution in [0.25, 0.3) is 5.76 Å². The van der Waals surface area contributed by atoms with E-state index in [1.54, 1.807) is 48.5 Å². The second-order valence-corrected chi connectivity index (χ2v) is 11.0. The van der Waals surface area contributed by atoms with E-state index in [9.17, 15) is 24.2 Å². The fraction of sp³-hybridized carbons (Fsp3) is 0.143.